The second kappa shape index (κ2) is 4.15. The molecule has 90 valence electrons. The number of likely N-dealkylation sites (tertiary alicyclic amines) is 1. The normalized spacial score (nSPS) is 18.9. The van der Waals surface area contributed by atoms with Crippen molar-refractivity contribution >= 4 is 10.9 Å². The van der Waals surface area contributed by atoms with Crippen LogP contribution in [0.1, 0.15) is 24.4 Å². The Kier molecular flexibility index (Phi) is 2.63. The number of nitrogens with zero attached hydrogens (tertiary/aromatic N) is 3. The van der Waals surface area contributed by atoms with E-state index in [0.29, 0.717) is 6.04 Å². The fraction of sp³-hybridized carbons (Fsp3) is 0.500. The molecule has 1 aliphatic heterocycles. The molecular weight excluding hydrogens is 210 g/mol. The minimum absolute atomic E-state index is 0.582. The molecule has 1 aromatic heterocycles. The smallest absolute Gasteiger partial charge is 0.0926 e. The topological polar surface area (TPSA) is 21.1 Å². The Morgan fingerprint density at radius 3 is 2.76 bits per heavy atom. The van der Waals surface area contributed by atoms with Crippen LogP contribution in [-0.2, 0) is 0 Å². The molecule has 2 aromatic rings. The van der Waals surface area contributed by atoms with Crippen LogP contribution in [0.3, 0.4) is 0 Å². The second-order valence-corrected chi connectivity index (χ2v) is 5.21. The maximum Gasteiger partial charge on any atom is 0.0926 e. The van der Waals surface area contributed by atoms with Crippen LogP contribution in [0.15, 0.2) is 24.4 Å². The molecule has 1 saturated heterocycles. The van der Waals surface area contributed by atoms with Gasteiger partial charge in [0.2, 0.25) is 0 Å². The lowest BCUT2D eigenvalue weighted by atomic mass is 10.1. The number of hydrogen-bond acceptors (Lipinski definition) is 2. The molecule has 0 radical (unpaired) electrons. The summed E-state index contributed by atoms with van der Waals surface area (Å²) in [6.45, 7) is 4.48. The highest BCUT2D eigenvalue weighted by Crippen LogP contribution is 2.23. The van der Waals surface area contributed by atoms with Crippen LogP contribution in [0.4, 0.5) is 0 Å². The monoisotopic (exact) mass is 229 g/mol. The lowest BCUT2D eigenvalue weighted by Gasteiger charge is -2.28. The zero-order valence-corrected chi connectivity index (χ0v) is 10.6. The third-order valence-electron chi connectivity index (χ3n) is 3.74. The summed E-state index contributed by atoms with van der Waals surface area (Å²) in [4.78, 5) is 2.39. The highest BCUT2D eigenvalue weighted by atomic mass is 15.3. The van der Waals surface area contributed by atoms with Crippen LogP contribution in [-0.4, -0.2) is 34.8 Å². The standard InChI is InChI=1S/C14H19N3/c1-11-3-4-12-10-17(15-14(12)9-11)13-5-7-16(2)8-6-13/h3-4,9-10,13H,5-8H2,1-2H3. The average Bonchev–Trinajstić information content (AvgIpc) is 2.72. The Balaban J connectivity index is 1.90. The van der Waals surface area contributed by atoms with E-state index in [1.165, 1.54) is 36.9 Å². The van der Waals surface area contributed by atoms with Gasteiger partial charge in [-0.25, -0.2) is 0 Å². The van der Waals surface area contributed by atoms with Gasteiger partial charge in [-0.15, -0.1) is 0 Å². The van der Waals surface area contributed by atoms with Crippen molar-refractivity contribution in [3.05, 3.63) is 30.0 Å². The summed E-state index contributed by atoms with van der Waals surface area (Å²) >= 11 is 0. The van der Waals surface area contributed by atoms with Gasteiger partial charge in [0, 0.05) is 11.6 Å². The molecular formula is C14H19N3. The Bertz CT molecular complexity index is 521. The molecule has 1 fully saturated rings. The molecule has 1 aliphatic rings. The van der Waals surface area contributed by atoms with E-state index in [1.807, 2.05) is 0 Å². The zero-order valence-electron chi connectivity index (χ0n) is 10.6. The van der Waals surface area contributed by atoms with Crippen LogP contribution >= 0.6 is 0 Å². The van der Waals surface area contributed by atoms with Crippen LogP contribution in [0.25, 0.3) is 10.9 Å². The number of piperidine rings is 1. The Morgan fingerprint density at radius 1 is 1.24 bits per heavy atom. The molecule has 0 aliphatic carbocycles. The summed E-state index contributed by atoms with van der Waals surface area (Å²) < 4.78 is 2.18. The van der Waals surface area contributed by atoms with Gasteiger partial charge in [0.1, 0.15) is 0 Å². The van der Waals surface area contributed by atoms with Crippen molar-refractivity contribution in [2.24, 2.45) is 0 Å². The van der Waals surface area contributed by atoms with E-state index in [-0.39, 0.29) is 0 Å². The molecule has 0 atom stereocenters. The summed E-state index contributed by atoms with van der Waals surface area (Å²) in [5, 5.41) is 5.98. The average molecular weight is 229 g/mol. The van der Waals surface area contributed by atoms with Crippen molar-refractivity contribution in [2.45, 2.75) is 25.8 Å². The molecule has 3 rings (SSSR count). The van der Waals surface area contributed by atoms with E-state index in [9.17, 15) is 0 Å². The van der Waals surface area contributed by atoms with Gasteiger partial charge in [0.15, 0.2) is 0 Å². The molecule has 3 heteroatoms. The van der Waals surface area contributed by atoms with Gasteiger partial charge in [-0.1, -0.05) is 12.1 Å². The minimum atomic E-state index is 0.582. The van der Waals surface area contributed by atoms with Gasteiger partial charge < -0.3 is 4.90 Å². The van der Waals surface area contributed by atoms with E-state index >= 15 is 0 Å². The SMILES string of the molecule is Cc1ccc2cn(C3CCN(C)CC3)nc2c1. The lowest BCUT2D eigenvalue weighted by molar-refractivity contribution is 0.213. The van der Waals surface area contributed by atoms with E-state index in [0.717, 1.165) is 5.52 Å². The van der Waals surface area contributed by atoms with E-state index in [2.05, 4.69) is 47.9 Å². The fourth-order valence-electron chi connectivity index (χ4n) is 2.59. The first kappa shape index (κ1) is 10.8. The first-order valence-corrected chi connectivity index (χ1v) is 6.36. The van der Waals surface area contributed by atoms with Crippen molar-refractivity contribution in [2.75, 3.05) is 20.1 Å². The maximum absolute atomic E-state index is 4.72. The van der Waals surface area contributed by atoms with E-state index in [4.69, 9.17) is 5.10 Å². The van der Waals surface area contributed by atoms with Gasteiger partial charge in [0.25, 0.3) is 0 Å². The van der Waals surface area contributed by atoms with Gasteiger partial charge in [-0.3, -0.25) is 4.68 Å². The first-order chi connectivity index (χ1) is 8.22. The molecule has 0 spiro atoms. The first-order valence-electron chi connectivity index (χ1n) is 6.36. The highest BCUT2D eigenvalue weighted by molar-refractivity contribution is 5.78. The summed E-state index contributed by atoms with van der Waals surface area (Å²) in [6.07, 6.45) is 4.62. The van der Waals surface area contributed by atoms with Gasteiger partial charge in [0.05, 0.1) is 11.6 Å². The van der Waals surface area contributed by atoms with Crippen molar-refractivity contribution in [1.29, 1.82) is 0 Å². The second-order valence-electron chi connectivity index (χ2n) is 5.21. The summed E-state index contributed by atoms with van der Waals surface area (Å²) in [7, 11) is 2.19. The largest absolute Gasteiger partial charge is 0.306 e. The Hall–Kier alpha value is -1.35. The number of fused-ring (bicyclic) bond motifs is 1. The Morgan fingerprint density at radius 2 is 2.00 bits per heavy atom. The van der Waals surface area contributed by atoms with E-state index < -0.39 is 0 Å². The van der Waals surface area contributed by atoms with Crippen LogP contribution in [0.5, 0.6) is 0 Å². The number of aromatic nitrogens is 2. The lowest BCUT2D eigenvalue weighted by Crippen LogP contribution is -2.31. The molecule has 0 bridgehead atoms. The Labute approximate surface area is 102 Å². The van der Waals surface area contributed by atoms with Crippen LogP contribution in [0, 0.1) is 6.92 Å². The molecule has 0 saturated carbocycles. The molecule has 0 N–H and O–H groups in total. The highest BCUT2D eigenvalue weighted by Gasteiger charge is 2.19. The summed E-state index contributed by atoms with van der Waals surface area (Å²) in [5.41, 5.74) is 2.41. The van der Waals surface area contributed by atoms with Crippen LogP contribution in [0.2, 0.25) is 0 Å². The maximum atomic E-state index is 4.72. The third kappa shape index (κ3) is 2.07. The van der Waals surface area contributed by atoms with Gasteiger partial charge in [-0.2, -0.15) is 5.10 Å². The zero-order chi connectivity index (χ0) is 11.8. The van der Waals surface area contributed by atoms with Gasteiger partial charge in [-0.05, 0) is 51.5 Å². The molecule has 1 aromatic carbocycles. The van der Waals surface area contributed by atoms with Crippen LogP contribution < -0.4 is 0 Å². The van der Waals surface area contributed by atoms with Crippen molar-refractivity contribution < 1.29 is 0 Å². The fourth-order valence-corrected chi connectivity index (χ4v) is 2.59. The summed E-state index contributed by atoms with van der Waals surface area (Å²) in [6, 6.07) is 7.08. The predicted molar refractivity (Wildman–Crippen MR) is 70.2 cm³/mol. The number of rotatable bonds is 1. The van der Waals surface area contributed by atoms with Crippen molar-refractivity contribution in [3.8, 4) is 0 Å². The number of benzene rings is 1. The molecule has 3 nitrogen and oxygen atoms in total. The van der Waals surface area contributed by atoms with Crippen molar-refractivity contribution in [3.63, 3.8) is 0 Å². The quantitative estimate of drug-likeness (QED) is 0.749. The number of hydrogen-bond donors (Lipinski definition) is 0. The molecule has 0 unspecified atom stereocenters. The minimum Gasteiger partial charge on any atom is -0.306 e. The molecule has 2 heterocycles. The molecule has 17 heavy (non-hydrogen) atoms. The van der Waals surface area contributed by atoms with E-state index in [1.54, 1.807) is 0 Å². The molecule has 0 amide bonds. The number of aryl methyl sites for hydroxylation is 1. The van der Waals surface area contributed by atoms with Gasteiger partial charge >= 0.3 is 0 Å². The summed E-state index contributed by atoms with van der Waals surface area (Å²) in [5.74, 6) is 0. The predicted octanol–water partition coefficient (Wildman–Crippen LogP) is 2.61. The van der Waals surface area contributed by atoms with Crippen molar-refractivity contribution in [1.82, 2.24) is 14.7 Å². The third-order valence-corrected chi connectivity index (χ3v) is 3.74.